The monoisotopic (exact) mass is 288 g/mol. The van der Waals surface area contributed by atoms with E-state index in [0.717, 1.165) is 50.4 Å². The Morgan fingerprint density at radius 3 is 2.52 bits per heavy atom. The molecule has 0 heterocycles. The van der Waals surface area contributed by atoms with Crippen LogP contribution in [0.25, 0.3) is 0 Å². The minimum atomic E-state index is -0.00511. The second-order valence-corrected chi connectivity index (χ2v) is 8.82. The van der Waals surface area contributed by atoms with Crippen LogP contribution in [-0.2, 0) is 9.59 Å². The van der Waals surface area contributed by atoms with Crippen LogP contribution in [0.3, 0.4) is 0 Å². The van der Waals surface area contributed by atoms with Gasteiger partial charge in [-0.1, -0.05) is 13.8 Å². The quantitative estimate of drug-likeness (QED) is 0.670. The summed E-state index contributed by atoms with van der Waals surface area (Å²) >= 11 is 0. The number of carbonyl (C=O) groups excluding carboxylic acids is 2. The lowest BCUT2D eigenvalue weighted by Crippen LogP contribution is -2.53. The van der Waals surface area contributed by atoms with Crippen LogP contribution in [0.4, 0.5) is 0 Å². The van der Waals surface area contributed by atoms with Crippen molar-refractivity contribution in [3.8, 4) is 0 Å². The van der Waals surface area contributed by atoms with Gasteiger partial charge in [0.1, 0.15) is 11.6 Å². The number of ketones is 2. The molecule has 0 amide bonds. The lowest BCUT2D eigenvalue weighted by atomic mass is 9.45. The molecule has 4 saturated carbocycles. The molecule has 4 aliphatic rings. The van der Waals surface area contributed by atoms with E-state index in [0.29, 0.717) is 28.8 Å². The molecular weight excluding hydrogens is 260 g/mol. The van der Waals surface area contributed by atoms with E-state index >= 15 is 0 Å². The van der Waals surface area contributed by atoms with Gasteiger partial charge in [-0.2, -0.15) is 0 Å². The van der Waals surface area contributed by atoms with E-state index in [1.54, 1.807) is 0 Å². The first kappa shape index (κ1) is 14.0. The lowest BCUT2D eigenvalue weighted by molar-refractivity contribution is -0.144. The van der Waals surface area contributed by atoms with Crippen molar-refractivity contribution in [2.75, 3.05) is 0 Å². The standard InChI is InChI=1S/C19H28O2/c1-18-9-7-13(20)11-12(18)3-4-14-15-5-6-17(21)19(15,2)10-8-16(14)18/h12,14-16H,3-11H2,1-2H3/t12-,14-,15-,16-,18+,19-/m1/s1. The van der Waals surface area contributed by atoms with Crippen LogP contribution in [0.5, 0.6) is 0 Å². The smallest absolute Gasteiger partial charge is 0.139 e. The third-order valence-electron chi connectivity index (χ3n) is 8.19. The third kappa shape index (κ3) is 1.77. The van der Waals surface area contributed by atoms with E-state index in [4.69, 9.17) is 0 Å². The zero-order valence-corrected chi connectivity index (χ0v) is 13.5. The van der Waals surface area contributed by atoms with Crippen LogP contribution in [0.1, 0.15) is 71.6 Å². The fourth-order valence-electron chi connectivity index (χ4n) is 6.82. The highest BCUT2D eigenvalue weighted by Crippen LogP contribution is 2.65. The summed E-state index contributed by atoms with van der Waals surface area (Å²) in [5.74, 6) is 3.82. The van der Waals surface area contributed by atoms with Gasteiger partial charge in [-0.25, -0.2) is 0 Å². The maximum absolute atomic E-state index is 12.4. The molecule has 6 atom stereocenters. The van der Waals surface area contributed by atoms with Crippen molar-refractivity contribution in [3.05, 3.63) is 0 Å². The lowest BCUT2D eigenvalue weighted by Gasteiger charge is -2.59. The molecule has 0 saturated heterocycles. The minimum Gasteiger partial charge on any atom is -0.300 e. The van der Waals surface area contributed by atoms with Gasteiger partial charge in [0.05, 0.1) is 0 Å². The van der Waals surface area contributed by atoms with Gasteiger partial charge in [0.15, 0.2) is 0 Å². The van der Waals surface area contributed by atoms with Crippen molar-refractivity contribution in [2.24, 2.45) is 34.5 Å². The van der Waals surface area contributed by atoms with E-state index in [9.17, 15) is 9.59 Å². The maximum atomic E-state index is 12.4. The fraction of sp³-hybridized carbons (Fsp3) is 0.895. The minimum absolute atomic E-state index is 0.00511. The number of Topliss-reactive ketones (excluding diaryl/α,β-unsaturated/α-hetero) is 2. The molecule has 0 aliphatic heterocycles. The predicted molar refractivity (Wildman–Crippen MR) is 81.7 cm³/mol. The average Bonchev–Trinajstić information content (AvgIpc) is 2.76. The van der Waals surface area contributed by atoms with E-state index in [2.05, 4.69) is 13.8 Å². The Labute approximate surface area is 128 Å². The van der Waals surface area contributed by atoms with Gasteiger partial charge in [0, 0.05) is 24.7 Å². The van der Waals surface area contributed by atoms with Crippen molar-refractivity contribution in [1.82, 2.24) is 0 Å². The predicted octanol–water partition coefficient (Wildman–Crippen LogP) is 4.17. The zero-order chi connectivity index (χ0) is 14.8. The van der Waals surface area contributed by atoms with Crippen molar-refractivity contribution in [1.29, 1.82) is 0 Å². The summed E-state index contributed by atoms with van der Waals surface area (Å²) in [5, 5.41) is 0. The molecule has 0 spiro atoms. The van der Waals surface area contributed by atoms with Crippen LogP contribution in [0.2, 0.25) is 0 Å². The van der Waals surface area contributed by atoms with Crippen molar-refractivity contribution in [3.63, 3.8) is 0 Å². The van der Waals surface area contributed by atoms with Crippen molar-refractivity contribution < 1.29 is 9.59 Å². The van der Waals surface area contributed by atoms with Crippen molar-refractivity contribution in [2.45, 2.75) is 71.6 Å². The molecule has 0 aromatic carbocycles. The van der Waals surface area contributed by atoms with Crippen LogP contribution in [0.15, 0.2) is 0 Å². The molecule has 0 bridgehead atoms. The van der Waals surface area contributed by atoms with Gasteiger partial charge >= 0.3 is 0 Å². The molecule has 0 aromatic heterocycles. The largest absolute Gasteiger partial charge is 0.300 e. The number of carbonyl (C=O) groups is 2. The van der Waals surface area contributed by atoms with Gasteiger partial charge < -0.3 is 0 Å². The summed E-state index contributed by atoms with van der Waals surface area (Å²) in [5.41, 5.74) is 0.374. The molecule has 0 aromatic rings. The maximum Gasteiger partial charge on any atom is 0.139 e. The third-order valence-corrected chi connectivity index (χ3v) is 8.19. The van der Waals surface area contributed by atoms with Gasteiger partial charge in [0.25, 0.3) is 0 Å². The summed E-state index contributed by atoms with van der Waals surface area (Å²) in [4.78, 5) is 24.2. The van der Waals surface area contributed by atoms with Crippen LogP contribution in [0, 0.1) is 34.5 Å². The topological polar surface area (TPSA) is 34.1 Å². The van der Waals surface area contributed by atoms with Crippen LogP contribution in [-0.4, -0.2) is 11.6 Å². The highest BCUT2D eigenvalue weighted by atomic mass is 16.1. The summed E-state index contributed by atoms with van der Waals surface area (Å²) < 4.78 is 0. The first-order valence-corrected chi connectivity index (χ1v) is 9.00. The Balaban J connectivity index is 1.65. The molecule has 0 N–H and O–H groups in total. The summed E-state index contributed by atoms with van der Waals surface area (Å²) in [7, 11) is 0. The van der Waals surface area contributed by atoms with E-state index in [1.807, 2.05) is 0 Å². The SMILES string of the molecule is C[C@]12CCC(=O)C[C@H]1CC[C@H]1[C@H]2CC[C@@]2(C)C(=O)CC[C@H]12. The Kier molecular flexibility index (Phi) is 2.94. The highest BCUT2D eigenvalue weighted by Gasteiger charge is 2.60. The van der Waals surface area contributed by atoms with E-state index in [1.165, 1.54) is 19.3 Å². The van der Waals surface area contributed by atoms with Crippen molar-refractivity contribution >= 4 is 11.6 Å². The molecule has 4 rings (SSSR count). The Hall–Kier alpha value is -0.660. The summed E-state index contributed by atoms with van der Waals surface area (Å²) in [6.45, 7) is 4.72. The number of hydrogen-bond acceptors (Lipinski definition) is 2. The second-order valence-electron chi connectivity index (χ2n) is 8.82. The first-order valence-electron chi connectivity index (χ1n) is 9.00. The number of rotatable bonds is 0. The zero-order valence-electron chi connectivity index (χ0n) is 13.5. The highest BCUT2D eigenvalue weighted by molar-refractivity contribution is 5.87. The summed E-state index contributed by atoms with van der Waals surface area (Å²) in [6, 6.07) is 0. The van der Waals surface area contributed by atoms with E-state index in [-0.39, 0.29) is 5.41 Å². The molecule has 116 valence electrons. The van der Waals surface area contributed by atoms with Gasteiger partial charge in [-0.05, 0) is 67.6 Å². The van der Waals surface area contributed by atoms with Gasteiger partial charge in [-0.3, -0.25) is 9.59 Å². The fourth-order valence-corrected chi connectivity index (χ4v) is 6.82. The van der Waals surface area contributed by atoms with E-state index < -0.39 is 0 Å². The van der Waals surface area contributed by atoms with Gasteiger partial charge in [-0.15, -0.1) is 0 Å². The number of fused-ring (bicyclic) bond motifs is 5. The molecular formula is C19H28O2. The molecule has 21 heavy (non-hydrogen) atoms. The molecule has 0 unspecified atom stereocenters. The van der Waals surface area contributed by atoms with Gasteiger partial charge in [0.2, 0.25) is 0 Å². The summed E-state index contributed by atoms with van der Waals surface area (Å²) in [6.07, 6.45) is 9.53. The molecule has 4 aliphatic carbocycles. The molecule has 0 radical (unpaired) electrons. The Bertz CT molecular complexity index is 496. The molecule has 2 nitrogen and oxygen atoms in total. The molecule has 4 fully saturated rings. The van der Waals surface area contributed by atoms with Crippen LogP contribution < -0.4 is 0 Å². The number of hydrogen-bond donors (Lipinski definition) is 0. The normalized spacial score (nSPS) is 53.0. The Morgan fingerprint density at radius 1 is 0.905 bits per heavy atom. The first-order chi connectivity index (χ1) is 9.95. The molecule has 2 heteroatoms. The second kappa shape index (κ2) is 4.43. The Morgan fingerprint density at radius 2 is 1.71 bits per heavy atom. The average molecular weight is 288 g/mol. The van der Waals surface area contributed by atoms with Crippen LogP contribution >= 0.6 is 0 Å².